The lowest BCUT2D eigenvalue weighted by Crippen LogP contribution is -2.29. The first-order valence-electron chi connectivity index (χ1n) is 8.79. The Balaban J connectivity index is 2.06. The van der Waals surface area contributed by atoms with Crippen LogP contribution in [0.1, 0.15) is 26.3 Å². The number of nitrogens with zero attached hydrogens (tertiary/aromatic N) is 2. The van der Waals surface area contributed by atoms with Crippen LogP contribution in [0.25, 0.3) is 21.9 Å². The molecule has 6 heteroatoms. The van der Waals surface area contributed by atoms with Gasteiger partial charge in [-0.2, -0.15) is 5.26 Å². The van der Waals surface area contributed by atoms with Crippen molar-refractivity contribution in [1.29, 1.82) is 5.26 Å². The Hall–Kier alpha value is -2.55. The molecule has 2 aromatic carbocycles. The van der Waals surface area contributed by atoms with Crippen molar-refractivity contribution < 1.29 is 9.53 Å². The third kappa shape index (κ3) is 4.14. The van der Waals surface area contributed by atoms with Crippen LogP contribution in [-0.2, 0) is 9.53 Å². The van der Waals surface area contributed by atoms with Gasteiger partial charge in [0.1, 0.15) is 4.75 Å². The third-order valence-electron chi connectivity index (χ3n) is 4.26. The van der Waals surface area contributed by atoms with Crippen molar-refractivity contribution in [3.8, 4) is 17.2 Å². The van der Waals surface area contributed by atoms with Crippen LogP contribution >= 0.6 is 23.4 Å². The Morgan fingerprint density at radius 1 is 1.21 bits per heavy atom. The van der Waals surface area contributed by atoms with Crippen molar-refractivity contribution in [1.82, 2.24) is 4.98 Å². The summed E-state index contributed by atoms with van der Waals surface area (Å²) in [6.07, 6.45) is 3.56. The van der Waals surface area contributed by atoms with Crippen LogP contribution in [0.4, 0.5) is 0 Å². The fourth-order valence-electron chi connectivity index (χ4n) is 2.87. The molecule has 0 saturated carbocycles. The molecule has 0 amide bonds. The highest BCUT2D eigenvalue weighted by molar-refractivity contribution is 8.01. The number of nitriles is 1. The van der Waals surface area contributed by atoms with E-state index in [-0.39, 0.29) is 5.97 Å². The number of hydrogen-bond acceptors (Lipinski definition) is 5. The lowest BCUT2D eigenvalue weighted by molar-refractivity contribution is -0.145. The highest BCUT2D eigenvalue weighted by Gasteiger charge is 2.30. The molecule has 0 bridgehead atoms. The van der Waals surface area contributed by atoms with Crippen LogP contribution in [0, 0.1) is 11.3 Å². The fraction of sp³-hybridized carbons (Fsp3) is 0.227. The van der Waals surface area contributed by atoms with Gasteiger partial charge in [-0.25, -0.2) is 0 Å². The highest BCUT2D eigenvalue weighted by atomic mass is 35.5. The van der Waals surface area contributed by atoms with E-state index in [2.05, 4.69) is 11.1 Å². The minimum absolute atomic E-state index is 0.245. The van der Waals surface area contributed by atoms with Crippen molar-refractivity contribution in [2.45, 2.75) is 30.4 Å². The molecule has 1 aromatic heterocycles. The summed E-state index contributed by atoms with van der Waals surface area (Å²) in [5.41, 5.74) is 2.20. The zero-order chi connectivity index (χ0) is 20.3. The van der Waals surface area contributed by atoms with Crippen LogP contribution in [0.3, 0.4) is 0 Å². The third-order valence-corrected chi connectivity index (χ3v) is 5.74. The average molecular weight is 411 g/mol. The van der Waals surface area contributed by atoms with E-state index < -0.39 is 4.75 Å². The molecule has 0 aliphatic heterocycles. The number of carbonyl (C=O) groups is 1. The average Bonchev–Trinajstić information content (AvgIpc) is 2.67. The Kier molecular flexibility index (Phi) is 5.93. The molecule has 0 aliphatic rings. The van der Waals surface area contributed by atoms with E-state index >= 15 is 0 Å². The summed E-state index contributed by atoms with van der Waals surface area (Å²) in [4.78, 5) is 17.5. The van der Waals surface area contributed by atoms with Gasteiger partial charge >= 0.3 is 5.97 Å². The molecule has 0 saturated heterocycles. The Labute approximate surface area is 173 Å². The zero-order valence-corrected chi connectivity index (χ0v) is 17.4. The molecule has 0 N–H and O–H groups in total. The molecule has 3 rings (SSSR count). The molecule has 0 aliphatic carbocycles. The summed E-state index contributed by atoms with van der Waals surface area (Å²) in [7, 11) is 0. The number of pyridine rings is 1. The van der Waals surface area contributed by atoms with Gasteiger partial charge in [-0.1, -0.05) is 23.7 Å². The maximum absolute atomic E-state index is 12.2. The number of halogens is 1. The van der Waals surface area contributed by atoms with E-state index in [1.54, 1.807) is 31.5 Å². The van der Waals surface area contributed by atoms with Crippen molar-refractivity contribution in [2.24, 2.45) is 0 Å². The van der Waals surface area contributed by atoms with Gasteiger partial charge in [0.25, 0.3) is 0 Å². The van der Waals surface area contributed by atoms with E-state index in [1.165, 1.54) is 11.8 Å². The van der Waals surface area contributed by atoms with Gasteiger partial charge in [0, 0.05) is 38.8 Å². The number of carbonyl (C=O) groups excluding carboxylic acids is 1. The van der Waals surface area contributed by atoms with E-state index in [4.69, 9.17) is 21.6 Å². The molecule has 28 heavy (non-hydrogen) atoms. The van der Waals surface area contributed by atoms with Gasteiger partial charge < -0.3 is 4.74 Å². The topological polar surface area (TPSA) is 63.0 Å². The summed E-state index contributed by atoms with van der Waals surface area (Å²) >= 11 is 7.87. The fourth-order valence-corrected chi connectivity index (χ4v) is 4.19. The van der Waals surface area contributed by atoms with Crippen molar-refractivity contribution >= 4 is 40.1 Å². The maximum atomic E-state index is 12.2. The van der Waals surface area contributed by atoms with Crippen LogP contribution in [0.5, 0.6) is 0 Å². The molecule has 3 aromatic rings. The first-order chi connectivity index (χ1) is 13.4. The molecule has 0 spiro atoms. The predicted octanol–water partition coefficient (Wildman–Crippen LogP) is 5.86. The molecule has 0 radical (unpaired) electrons. The largest absolute Gasteiger partial charge is 0.465 e. The van der Waals surface area contributed by atoms with Crippen molar-refractivity contribution in [2.75, 3.05) is 6.61 Å². The molecule has 0 unspecified atom stereocenters. The van der Waals surface area contributed by atoms with Crippen LogP contribution < -0.4 is 0 Å². The van der Waals surface area contributed by atoms with Crippen LogP contribution in [0.2, 0.25) is 5.02 Å². The number of benzene rings is 2. The second kappa shape index (κ2) is 8.22. The molecular weight excluding hydrogens is 392 g/mol. The SMILES string of the molecule is CCOC(=O)C(C)(C)Sc1ccc2cncc(-c3ccc(C#N)cc3Cl)c2c1. The number of aromatic nitrogens is 1. The minimum atomic E-state index is -0.705. The summed E-state index contributed by atoms with van der Waals surface area (Å²) in [6, 6.07) is 13.3. The lowest BCUT2D eigenvalue weighted by atomic mass is 10.00. The Morgan fingerprint density at radius 3 is 2.68 bits per heavy atom. The standard InChI is InChI=1S/C22H19ClN2O2S/c1-4-27-21(26)22(2,3)28-16-7-6-15-12-25-13-19(18(15)10-16)17-8-5-14(11-24)9-20(17)23/h5-10,12-13H,4H2,1-3H3. The van der Waals surface area contributed by atoms with E-state index in [1.807, 2.05) is 38.1 Å². The smallest absolute Gasteiger partial charge is 0.321 e. The number of fused-ring (bicyclic) bond motifs is 1. The number of ether oxygens (including phenoxy) is 1. The molecule has 1 heterocycles. The van der Waals surface area contributed by atoms with Gasteiger partial charge in [-0.05, 0) is 50.4 Å². The van der Waals surface area contributed by atoms with E-state index in [0.29, 0.717) is 17.2 Å². The number of hydrogen-bond donors (Lipinski definition) is 0. The van der Waals surface area contributed by atoms with Gasteiger partial charge in [0.05, 0.1) is 18.2 Å². The summed E-state index contributed by atoms with van der Waals surface area (Å²) in [6.45, 7) is 5.86. The van der Waals surface area contributed by atoms with E-state index in [0.717, 1.165) is 26.8 Å². The summed E-state index contributed by atoms with van der Waals surface area (Å²) < 4.78 is 4.48. The Morgan fingerprint density at radius 2 is 2.00 bits per heavy atom. The summed E-state index contributed by atoms with van der Waals surface area (Å²) in [5, 5.41) is 11.5. The van der Waals surface area contributed by atoms with Crippen LogP contribution in [0.15, 0.2) is 53.7 Å². The Bertz CT molecular complexity index is 1090. The van der Waals surface area contributed by atoms with Gasteiger partial charge in [-0.15, -0.1) is 11.8 Å². The normalized spacial score (nSPS) is 11.2. The quantitative estimate of drug-likeness (QED) is 0.389. The molecule has 0 fully saturated rings. The highest BCUT2D eigenvalue weighted by Crippen LogP contribution is 2.38. The van der Waals surface area contributed by atoms with E-state index in [9.17, 15) is 4.79 Å². The van der Waals surface area contributed by atoms with Gasteiger partial charge in [0.2, 0.25) is 0 Å². The second-order valence-electron chi connectivity index (χ2n) is 6.71. The molecular formula is C22H19ClN2O2S. The first kappa shape index (κ1) is 20.2. The zero-order valence-electron chi connectivity index (χ0n) is 15.8. The number of thioether (sulfide) groups is 1. The predicted molar refractivity (Wildman–Crippen MR) is 113 cm³/mol. The van der Waals surface area contributed by atoms with Crippen molar-refractivity contribution in [3.63, 3.8) is 0 Å². The molecule has 4 nitrogen and oxygen atoms in total. The number of rotatable bonds is 5. The monoisotopic (exact) mass is 410 g/mol. The maximum Gasteiger partial charge on any atom is 0.321 e. The molecule has 0 atom stereocenters. The second-order valence-corrected chi connectivity index (χ2v) is 8.81. The van der Waals surface area contributed by atoms with Crippen molar-refractivity contribution in [3.05, 3.63) is 59.4 Å². The molecule has 142 valence electrons. The van der Waals surface area contributed by atoms with Gasteiger partial charge in [0.15, 0.2) is 0 Å². The van der Waals surface area contributed by atoms with Crippen LogP contribution in [-0.4, -0.2) is 22.3 Å². The lowest BCUT2D eigenvalue weighted by Gasteiger charge is -2.22. The van der Waals surface area contributed by atoms with Gasteiger partial charge in [-0.3, -0.25) is 9.78 Å². The first-order valence-corrected chi connectivity index (χ1v) is 9.99. The number of esters is 1. The minimum Gasteiger partial charge on any atom is -0.465 e. The summed E-state index contributed by atoms with van der Waals surface area (Å²) in [5.74, 6) is -0.245.